The van der Waals surface area contributed by atoms with Crippen molar-refractivity contribution in [2.75, 3.05) is 13.7 Å². The number of piperidine rings is 1. The van der Waals surface area contributed by atoms with Gasteiger partial charge in [0.2, 0.25) is 0 Å². The van der Waals surface area contributed by atoms with Crippen molar-refractivity contribution in [1.29, 1.82) is 0 Å². The number of aryl methyl sites for hydroxylation is 1. The lowest BCUT2D eigenvalue weighted by atomic mass is 9.67. The second-order valence-corrected chi connectivity index (χ2v) is 7.84. The first-order valence-corrected chi connectivity index (χ1v) is 9.18. The number of para-hydroxylation sites is 1. The predicted octanol–water partition coefficient (Wildman–Crippen LogP) is 3.22. The zero-order chi connectivity index (χ0) is 17.3. The Morgan fingerprint density at radius 2 is 2.04 bits per heavy atom. The smallest absolute Gasteiger partial charge is 0.149 e. The molecule has 1 fully saturated rings. The summed E-state index contributed by atoms with van der Waals surface area (Å²) in [6, 6.07) is 9.53. The van der Waals surface area contributed by atoms with Gasteiger partial charge >= 0.3 is 0 Å². The normalized spacial score (nSPS) is 31.5. The maximum absolute atomic E-state index is 11.7. The van der Waals surface area contributed by atoms with E-state index in [1.807, 2.05) is 6.92 Å². The highest BCUT2D eigenvalue weighted by molar-refractivity contribution is 5.86. The SMILES string of the molecule is CC1=C(C=O)[C@@H]2C[C@H]3c4c(c5ccccc5n4C)C[C@@H]([C@@H]2CO1)N3C. The van der Waals surface area contributed by atoms with E-state index in [1.54, 1.807) is 0 Å². The van der Waals surface area contributed by atoms with Crippen molar-refractivity contribution in [3.63, 3.8) is 0 Å². The van der Waals surface area contributed by atoms with Crippen LogP contribution in [-0.4, -0.2) is 35.4 Å². The molecule has 4 nitrogen and oxygen atoms in total. The number of aldehydes is 1. The maximum Gasteiger partial charge on any atom is 0.149 e. The van der Waals surface area contributed by atoms with Crippen molar-refractivity contribution in [1.82, 2.24) is 9.47 Å². The molecule has 4 atom stereocenters. The largest absolute Gasteiger partial charge is 0.497 e. The number of carbonyl (C=O) groups is 1. The summed E-state index contributed by atoms with van der Waals surface area (Å²) in [5.41, 5.74) is 5.15. The molecule has 130 valence electrons. The molecule has 2 bridgehead atoms. The van der Waals surface area contributed by atoms with Gasteiger partial charge in [0, 0.05) is 41.2 Å². The molecule has 0 N–H and O–H groups in total. The Hall–Kier alpha value is -2.07. The number of hydrogen-bond donors (Lipinski definition) is 0. The fourth-order valence-electron chi connectivity index (χ4n) is 5.64. The van der Waals surface area contributed by atoms with E-state index in [0.717, 1.165) is 37.1 Å². The third-order valence-electron chi connectivity index (χ3n) is 6.92. The minimum atomic E-state index is 0.323. The van der Waals surface area contributed by atoms with Gasteiger partial charge in [0.25, 0.3) is 0 Å². The van der Waals surface area contributed by atoms with Gasteiger partial charge in [-0.05, 0) is 44.4 Å². The molecule has 0 amide bonds. The van der Waals surface area contributed by atoms with Gasteiger partial charge in [-0.2, -0.15) is 0 Å². The van der Waals surface area contributed by atoms with Gasteiger partial charge < -0.3 is 9.30 Å². The van der Waals surface area contributed by atoms with Crippen LogP contribution in [0.25, 0.3) is 10.9 Å². The van der Waals surface area contributed by atoms with Crippen molar-refractivity contribution in [2.45, 2.75) is 31.8 Å². The number of nitrogens with zero attached hydrogens (tertiary/aromatic N) is 2. The number of benzene rings is 1. The van der Waals surface area contributed by atoms with E-state index in [9.17, 15) is 4.79 Å². The van der Waals surface area contributed by atoms with Crippen LogP contribution in [0.3, 0.4) is 0 Å². The van der Waals surface area contributed by atoms with E-state index >= 15 is 0 Å². The first kappa shape index (κ1) is 15.2. The average molecular weight is 336 g/mol. The van der Waals surface area contributed by atoms with E-state index in [4.69, 9.17) is 4.74 Å². The molecule has 5 rings (SSSR count). The average Bonchev–Trinajstić information content (AvgIpc) is 2.88. The molecule has 1 aromatic carbocycles. The number of rotatable bonds is 1. The molecule has 0 radical (unpaired) electrons. The lowest BCUT2D eigenvalue weighted by Gasteiger charge is -2.53. The Morgan fingerprint density at radius 1 is 1.24 bits per heavy atom. The number of carbonyl (C=O) groups excluding carboxylic acids is 1. The van der Waals surface area contributed by atoms with E-state index in [1.165, 1.54) is 22.2 Å². The van der Waals surface area contributed by atoms with Gasteiger partial charge in [0.15, 0.2) is 0 Å². The van der Waals surface area contributed by atoms with Crippen molar-refractivity contribution in [2.24, 2.45) is 18.9 Å². The van der Waals surface area contributed by atoms with E-state index in [0.29, 0.717) is 23.9 Å². The Morgan fingerprint density at radius 3 is 2.84 bits per heavy atom. The quantitative estimate of drug-likeness (QED) is 0.750. The molecular weight excluding hydrogens is 312 g/mol. The zero-order valence-corrected chi connectivity index (χ0v) is 15.0. The molecule has 1 aromatic heterocycles. The third-order valence-corrected chi connectivity index (χ3v) is 6.92. The molecule has 0 spiro atoms. The van der Waals surface area contributed by atoms with E-state index < -0.39 is 0 Å². The number of fused-ring (bicyclic) bond motifs is 8. The van der Waals surface area contributed by atoms with Crippen LogP contribution in [0, 0.1) is 11.8 Å². The van der Waals surface area contributed by atoms with E-state index in [2.05, 4.69) is 47.8 Å². The summed E-state index contributed by atoms with van der Waals surface area (Å²) in [6.07, 6.45) is 3.08. The third kappa shape index (κ3) is 1.89. The lowest BCUT2D eigenvalue weighted by Crippen LogP contribution is -2.55. The molecule has 1 saturated heterocycles. The highest BCUT2D eigenvalue weighted by Gasteiger charge is 2.50. The van der Waals surface area contributed by atoms with Crippen LogP contribution in [0.15, 0.2) is 35.6 Å². The molecule has 0 saturated carbocycles. The molecule has 25 heavy (non-hydrogen) atoms. The lowest BCUT2D eigenvalue weighted by molar-refractivity contribution is -0.107. The van der Waals surface area contributed by atoms with Crippen molar-refractivity contribution < 1.29 is 9.53 Å². The van der Waals surface area contributed by atoms with Crippen LogP contribution >= 0.6 is 0 Å². The number of hydrogen-bond acceptors (Lipinski definition) is 3. The van der Waals surface area contributed by atoms with Crippen molar-refractivity contribution >= 4 is 17.2 Å². The first-order chi connectivity index (χ1) is 12.1. The highest BCUT2D eigenvalue weighted by Crippen LogP contribution is 2.51. The molecule has 4 heteroatoms. The molecule has 0 aliphatic carbocycles. The summed E-state index contributed by atoms with van der Waals surface area (Å²) >= 11 is 0. The van der Waals surface area contributed by atoms with Gasteiger partial charge in [0.1, 0.15) is 6.29 Å². The van der Waals surface area contributed by atoms with Crippen molar-refractivity contribution in [3.8, 4) is 0 Å². The summed E-state index contributed by atoms with van der Waals surface area (Å²) in [5, 5.41) is 1.39. The molecule has 0 unspecified atom stereocenters. The van der Waals surface area contributed by atoms with Gasteiger partial charge in [-0.1, -0.05) is 18.2 Å². The van der Waals surface area contributed by atoms with Crippen LogP contribution in [-0.2, 0) is 23.0 Å². The first-order valence-electron chi connectivity index (χ1n) is 9.18. The van der Waals surface area contributed by atoms with Gasteiger partial charge in [-0.15, -0.1) is 0 Å². The Labute approximate surface area is 148 Å². The fourth-order valence-corrected chi connectivity index (χ4v) is 5.64. The van der Waals surface area contributed by atoms with Crippen LogP contribution in [0.2, 0.25) is 0 Å². The molecule has 3 aliphatic heterocycles. The zero-order valence-electron chi connectivity index (χ0n) is 15.0. The fraction of sp³-hybridized carbons (Fsp3) is 0.476. The van der Waals surface area contributed by atoms with Gasteiger partial charge in [-0.3, -0.25) is 9.69 Å². The molecule has 4 heterocycles. The summed E-state index contributed by atoms with van der Waals surface area (Å²) < 4.78 is 8.26. The Bertz CT molecular complexity index is 910. The number of ether oxygens (including phenoxy) is 1. The van der Waals surface area contributed by atoms with Crippen LogP contribution in [0.5, 0.6) is 0 Å². The molecule has 2 aromatic rings. The maximum atomic E-state index is 11.7. The predicted molar refractivity (Wildman–Crippen MR) is 97.2 cm³/mol. The Kier molecular flexibility index (Phi) is 3.17. The highest BCUT2D eigenvalue weighted by atomic mass is 16.5. The second-order valence-electron chi connectivity index (χ2n) is 7.84. The summed E-state index contributed by atoms with van der Waals surface area (Å²) in [4.78, 5) is 14.3. The van der Waals surface area contributed by atoms with Crippen LogP contribution < -0.4 is 0 Å². The molecule has 3 aliphatic rings. The topological polar surface area (TPSA) is 34.5 Å². The minimum Gasteiger partial charge on any atom is -0.497 e. The summed E-state index contributed by atoms with van der Waals surface area (Å²) in [6.45, 7) is 2.67. The van der Waals surface area contributed by atoms with Crippen LogP contribution in [0.1, 0.15) is 30.6 Å². The van der Waals surface area contributed by atoms with Crippen molar-refractivity contribution in [3.05, 3.63) is 46.9 Å². The number of allylic oxidation sites excluding steroid dienone is 2. The minimum absolute atomic E-state index is 0.323. The summed E-state index contributed by atoms with van der Waals surface area (Å²) in [5.74, 6) is 1.55. The second kappa shape index (κ2) is 5.21. The number of likely N-dealkylation sites (N-methyl/N-ethyl adjacent to an activating group) is 1. The Balaban J connectivity index is 1.69. The van der Waals surface area contributed by atoms with Gasteiger partial charge in [0.05, 0.1) is 18.4 Å². The van der Waals surface area contributed by atoms with Crippen LogP contribution in [0.4, 0.5) is 0 Å². The van der Waals surface area contributed by atoms with E-state index in [-0.39, 0.29) is 0 Å². The monoisotopic (exact) mass is 336 g/mol. The van der Waals surface area contributed by atoms with Gasteiger partial charge in [-0.25, -0.2) is 0 Å². The number of aromatic nitrogens is 1. The standard InChI is InChI=1S/C21H24N2O2/c1-12-16(10-24)14-8-20-21-15(9-19(22(20)2)17(14)11-25-12)13-6-4-5-7-18(13)23(21)3/h4-7,10,14,17,19-20H,8-9,11H2,1-3H3/t14-,17+,19-,20-/m0/s1. The molecular formula is C21H24N2O2. The summed E-state index contributed by atoms with van der Waals surface area (Å²) in [7, 11) is 4.44.